The highest BCUT2D eigenvalue weighted by Crippen LogP contribution is 2.33. The van der Waals surface area contributed by atoms with Gasteiger partial charge in [0.05, 0.1) is 27.8 Å². The molecule has 1 aliphatic heterocycles. The zero-order chi connectivity index (χ0) is 29.0. The summed E-state index contributed by atoms with van der Waals surface area (Å²) < 4.78 is 29.2. The van der Waals surface area contributed by atoms with Crippen molar-refractivity contribution < 1.29 is 18.1 Å². The molecule has 0 radical (unpaired) electrons. The van der Waals surface area contributed by atoms with E-state index in [1.54, 1.807) is 31.2 Å². The van der Waals surface area contributed by atoms with Gasteiger partial charge in [0.25, 0.3) is 5.69 Å². The number of hydrogen-bond acceptors (Lipinski definition) is 9. The lowest BCUT2D eigenvalue weighted by molar-refractivity contribution is -0.387. The van der Waals surface area contributed by atoms with Crippen molar-refractivity contribution in [3.63, 3.8) is 0 Å². The number of anilines is 1. The minimum Gasteiger partial charge on any atom is -0.352 e. The molecule has 0 spiro atoms. The van der Waals surface area contributed by atoms with Gasteiger partial charge >= 0.3 is 0 Å². The van der Waals surface area contributed by atoms with Crippen molar-refractivity contribution in [3.8, 4) is 6.07 Å². The summed E-state index contributed by atoms with van der Waals surface area (Å²) in [6.45, 7) is 4.06. The van der Waals surface area contributed by atoms with E-state index >= 15 is 0 Å². The van der Waals surface area contributed by atoms with E-state index in [1.165, 1.54) is 22.5 Å². The van der Waals surface area contributed by atoms with Crippen LogP contribution in [-0.4, -0.2) is 51.9 Å². The molecule has 2 aromatic carbocycles. The molecule has 4 rings (SSSR count). The second-order valence-corrected chi connectivity index (χ2v) is 11.7. The average molecular weight is 581 g/mol. The molecule has 0 unspecified atom stereocenters. The molecular weight excluding hydrogens is 552 g/mol. The molecule has 2 heterocycles. The lowest BCUT2D eigenvalue weighted by Crippen LogP contribution is -2.43. The van der Waals surface area contributed by atoms with Gasteiger partial charge in [0.15, 0.2) is 4.90 Å². The lowest BCUT2D eigenvalue weighted by Gasteiger charge is -2.32. The molecule has 13 heteroatoms. The largest absolute Gasteiger partial charge is 0.352 e. The molecule has 3 aromatic rings. The van der Waals surface area contributed by atoms with Crippen LogP contribution in [0.25, 0.3) is 0 Å². The first kappa shape index (κ1) is 29.1. The van der Waals surface area contributed by atoms with E-state index in [-0.39, 0.29) is 19.1 Å². The molecule has 1 fully saturated rings. The Morgan fingerprint density at radius 1 is 1.23 bits per heavy atom. The van der Waals surface area contributed by atoms with E-state index in [9.17, 15) is 23.3 Å². The molecular formula is C27H28N6O5S2. The van der Waals surface area contributed by atoms with Crippen LogP contribution in [0.2, 0.25) is 0 Å². The SMILES string of the molecule is CCc1nc(C)nc(N2CCC[C@H]2CN(Cc2ccc(C#N)cc2)S(=O)(=O)c2ccccc2[N+](=O)[O-])c1C(=O)S. The minimum atomic E-state index is -4.35. The maximum atomic E-state index is 14.0. The van der Waals surface area contributed by atoms with Crippen LogP contribution < -0.4 is 4.90 Å². The third kappa shape index (κ3) is 5.99. The highest BCUT2D eigenvalue weighted by Gasteiger charge is 2.37. The number of sulfonamides is 1. The molecule has 1 aromatic heterocycles. The number of nitro groups is 1. The van der Waals surface area contributed by atoms with Crippen molar-refractivity contribution in [1.82, 2.24) is 14.3 Å². The van der Waals surface area contributed by atoms with E-state index in [1.807, 2.05) is 17.9 Å². The number of carbonyl (C=O) groups excluding carboxylic acids is 1. The zero-order valence-electron chi connectivity index (χ0n) is 22.0. The summed E-state index contributed by atoms with van der Waals surface area (Å²) in [5, 5.41) is 20.4. The summed E-state index contributed by atoms with van der Waals surface area (Å²) in [5.74, 6) is 0.895. The number of aryl methyl sites for hydroxylation is 2. The molecule has 208 valence electrons. The molecule has 1 atom stereocenters. The standard InChI is InChI=1S/C27H28N6O5S2/c1-3-22-25(27(34)39)26(30-18(2)29-22)32-14-6-7-21(32)17-31(16-20-12-10-19(15-28)11-13-20)40(37,38)24-9-5-4-8-23(24)33(35)36/h4-5,8-13,21H,3,6-7,14,16-17H2,1-2H3,(H,34,39)/t21-/m0/s1. The van der Waals surface area contributed by atoms with Crippen molar-refractivity contribution in [2.24, 2.45) is 0 Å². The van der Waals surface area contributed by atoms with Gasteiger partial charge in [-0.15, -0.1) is 12.6 Å². The minimum absolute atomic E-state index is 0.0148. The second-order valence-electron chi connectivity index (χ2n) is 9.40. The zero-order valence-corrected chi connectivity index (χ0v) is 23.7. The fourth-order valence-corrected chi connectivity index (χ4v) is 6.79. The number of rotatable bonds is 10. The van der Waals surface area contributed by atoms with Gasteiger partial charge in [-0.05, 0) is 49.9 Å². The number of para-hydroxylation sites is 1. The Balaban J connectivity index is 1.78. The Bertz CT molecular complexity index is 1590. The summed E-state index contributed by atoms with van der Waals surface area (Å²) in [5.41, 5.74) is 1.38. The van der Waals surface area contributed by atoms with Gasteiger partial charge in [-0.25, -0.2) is 18.4 Å². The number of benzene rings is 2. The van der Waals surface area contributed by atoms with Gasteiger partial charge in [-0.1, -0.05) is 31.2 Å². The first-order valence-electron chi connectivity index (χ1n) is 12.7. The van der Waals surface area contributed by atoms with Crippen molar-refractivity contribution in [2.45, 2.75) is 50.6 Å². The molecule has 0 saturated carbocycles. The monoisotopic (exact) mass is 580 g/mol. The van der Waals surface area contributed by atoms with E-state index in [0.29, 0.717) is 53.4 Å². The smallest absolute Gasteiger partial charge is 0.289 e. The third-order valence-electron chi connectivity index (χ3n) is 6.81. The molecule has 0 N–H and O–H groups in total. The van der Waals surface area contributed by atoms with Crippen LogP contribution in [0.1, 0.15) is 52.8 Å². The number of nitro benzene ring substituents is 1. The highest BCUT2D eigenvalue weighted by atomic mass is 32.2. The van der Waals surface area contributed by atoms with E-state index < -0.39 is 30.6 Å². The number of nitriles is 1. The van der Waals surface area contributed by atoms with Crippen LogP contribution >= 0.6 is 12.6 Å². The van der Waals surface area contributed by atoms with Gasteiger partial charge in [0, 0.05) is 31.7 Å². The van der Waals surface area contributed by atoms with Gasteiger partial charge in [-0.2, -0.15) is 9.57 Å². The first-order valence-corrected chi connectivity index (χ1v) is 14.6. The Kier molecular flexibility index (Phi) is 8.82. The Morgan fingerprint density at radius 3 is 2.55 bits per heavy atom. The third-order valence-corrected chi connectivity index (χ3v) is 8.89. The van der Waals surface area contributed by atoms with Crippen LogP contribution in [0, 0.1) is 28.4 Å². The molecule has 0 aliphatic carbocycles. The van der Waals surface area contributed by atoms with Crippen molar-refractivity contribution in [1.29, 1.82) is 5.26 Å². The molecule has 1 saturated heterocycles. The number of thiol groups is 1. The molecule has 0 amide bonds. The average Bonchev–Trinajstić information content (AvgIpc) is 3.40. The van der Waals surface area contributed by atoms with Crippen molar-refractivity contribution in [3.05, 3.63) is 86.9 Å². The maximum Gasteiger partial charge on any atom is 0.289 e. The van der Waals surface area contributed by atoms with Crippen molar-refractivity contribution in [2.75, 3.05) is 18.0 Å². The van der Waals surface area contributed by atoms with Crippen LogP contribution in [0.4, 0.5) is 11.5 Å². The van der Waals surface area contributed by atoms with Crippen LogP contribution in [-0.2, 0) is 23.0 Å². The number of nitrogens with zero attached hydrogens (tertiary/aromatic N) is 6. The second kappa shape index (κ2) is 12.1. The molecule has 40 heavy (non-hydrogen) atoms. The fourth-order valence-electron chi connectivity index (χ4n) is 4.94. The quantitative estimate of drug-likeness (QED) is 0.213. The van der Waals surface area contributed by atoms with E-state index in [2.05, 4.69) is 22.6 Å². The van der Waals surface area contributed by atoms with Crippen LogP contribution in [0.3, 0.4) is 0 Å². The normalized spacial score (nSPS) is 15.3. The molecule has 11 nitrogen and oxygen atoms in total. The topological polar surface area (TPSA) is 150 Å². The number of aromatic nitrogens is 2. The Labute approximate surface area is 238 Å². The van der Waals surface area contributed by atoms with Crippen molar-refractivity contribution >= 4 is 39.3 Å². The predicted octanol–water partition coefficient (Wildman–Crippen LogP) is 4.06. The van der Waals surface area contributed by atoms with Gasteiger partial charge in [0.2, 0.25) is 15.1 Å². The summed E-state index contributed by atoms with van der Waals surface area (Å²) in [6, 6.07) is 13.4. The Hall–Kier alpha value is -3.86. The molecule has 0 bridgehead atoms. The van der Waals surface area contributed by atoms with Gasteiger partial charge in [-0.3, -0.25) is 14.9 Å². The fraction of sp³-hybridized carbons (Fsp3) is 0.333. The Morgan fingerprint density at radius 2 is 1.93 bits per heavy atom. The summed E-state index contributed by atoms with van der Waals surface area (Å²) in [7, 11) is -4.35. The summed E-state index contributed by atoms with van der Waals surface area (Å²) in [6.07, 6.45) is 1.83. The number of hydrogen-bond donors (Lipinski definition) is 1. The molecule has 1 aliphatic rings. The summed E-state index contributed by atoms with van der Waals surface area (Å²) >= 11 is 4.08. The van der Waals surface area contributed by atoms with Gasteiger partial charge in [0.1, 0.15) is 11.6 Å². The maximum absolute atomic E-state index is 14.0. The van der Waals surface area contributed by atoms with E-state index in [4.69, 9.17) is 5.26 Å². The van der Waals surface area contributed by atoms with Crippen LogP contribution in [0.15, 0.2) is 53.4 Å². The van der Waals surface area contributed by atoms with E-state index in [0.717, 1.165) is 12.5 Å². The van der Waals surface area contributed by atoms with Gasteiger partial charge < -0.3 is 4.90 Å². The van der Waals surface area contributed by atoms with Crippen LogP contribution in [0.5, 0.6) is 0 Å². The predicted molar refractivity (Wildman–Crippen MR) is 152 cm³/mol. The first-order chi connectivity index (χ1) is 19.1. The highest BCUT2D eigenvalue weighted by molar-refractivity contribution is 7.97. The lowest BCUT2D eigenvalue weighted by atomic mass is 10.1. The summed E-state index contributed by atoms with van der Waals surface area (Å²) in [4.78, 5) is 34.0. The number of carbonyl (C=O) groups is 1.